The number of H-pyrrole nitrogens is 1. The Bertz CT molecular complexity index is 1170. The van der Waals surface area contributed by atoms with E-state index in [1.54, 1.807) is 18.3 Å². The minimum atomic E-state index is -0.299. The lowest BCUT2D eigenvalue weighted by Crippen LogP contribution is -2.40. The first-order chi connectivity index (χ1) is 16.0. The average molecular weight is 449 g/mol. The number of nitrogens with one attached hydrogen (secondary N) is 1. The normalized spacial score (nSPS) is 18.2. The van der Waals surface area contributed by atoms with E-state index in [2.05, 4.69) is 15.2 Å². The topological polar surface area (TPSA) is 78.0 Å². The fourth-order valence-electron chi connectivity index (χ4n) is 4.99. The lowest BCUT2D eigenvalue weighted by atomic mass is 9.89. The number of aryl methyl sites for hydroxylation is 1. The van der Waals surface area contributed by atoms with Gasteiger partial charge in [0.2, 0.25) is 5.95 Å². The summed E-state index contributed by atoms with van der Waals surface area (Å²) in [6, 6.07) is 6.71. The first-order valence-electron chi connectivity index (χ1n) is 11.7. The third kappa shape index (κ3) is 4.10. The smallest absolute Gasteiger partial charge is 0.274 e. The summed E-state index contributed by atoms with van der Waals surface area (Å²) in [6.45, 7) is 1.23. The highest BCUT2D eigenvalue weighted by Gasteiger charge is 2.32. The Kier molecular flexibility index (Phi) is 5.83. The van der Waals surface area contributed by atoms with E-state index >= 15 is 0 Å². The molecule has 2 aliphatic rings. The predicted octanol–water partition coefficient (Wildman–Crippen LogP) is 3.97. The van der Waals surface area contributed by atoms with Crippen LogP contribution in [-0.2, 0) is 12.8 Å². The molecule has 7 nitrogen and oxygen atoms in total. The molecule has 1 atom stereocenters. The highest BCUT2D eigenvalue weighted by atomic mass is 19.1. The molecule has 1 aromatic carbocycles. The highest BCUT2D eigenvalue weighted by Crippen LogP contribution is 2.35. The van der Waals surface area contributed by atoms with Crippen LogP contribution in [-0.4, -0.2) is 58.2 Å². The van der Waals surface area contributed by atoms with Gasteiger partial charge in [0.25, 0.3) is 5.91 Å². The van der Waals surface area contributed by atoms with Crippen LogP contribution in [0.2, 0.25) is 0 Å². The van der Waals surface area contributed by atoms with Crippen LogP contribution in [0.3, 0.4) is 0 Å². The zero-order chi connectivity index (χ0) is 22.9. The van der Waals surface area contributed by atoms with Crippen molar-refractivity contribution in [3.63, 3.8) is 0 Å². The molecule has 1 aliphatic heterocycles. The van der Waals surface area contributed by atoms with Gasteiger partial charge in [-0.05, 0) is 44.6 Å². The van der Waals surface area contributed by atoms with E-state index in [1.807, 2.05) is 30.0 Å². The molecule has 1 amide bonds. The molecule has 1 aliphatic carbocycles. The maximum atomic E-state index is 14.7. The fourth-order valence-corrected chi connectivity index (χ4v) is 4.99. The first kappa shape index (κ1) is 21.6. The number of nitrogens with zero attached hydrogens (tertiary/aromatic N) is 5. The molecule has 1 fully saturated rings. The number of carbonyl (C=O) groups is 1. The maximum absolute atomic E-state index is 14.7. The molecule has 0 radical (unpaired) electrons. The second-order valence-electron chi connectivity index (χ2n) is 9.17. The van der Waals surface area contributed by atoms with Gasteiger partial charge >= 0.3 is 0 Å². The number of likely N-dealkylation sites (tertiary alicyclic amines) is 1. The number of aromatic amines is 1. The number of hydrogen-bond acceptors (Lipinski definition) is 5. The number of fused-ring (bicyclic) bond motifs is 1. The third-order valence-electron chi connectivity index (χ3n) is 6.72. The molecule has 0 unspecified atom stereocenters. The van der Waals surface area contributed by atoms with Crippen LogP contribution in [0.4, 0.5) is 10.3 Å². The van der Waals surface area contributed by atoms with Crippen molar-refractivity contribution in [2.75, 3.05) is 32.1 Å². The summed E-state index contributed by atoms with van der Waals surface area (Å²) < 4.78 is 14.7. The molecule has 8 heteroatoms. The van der Waals surface area contributed by atoms with E-state index in [-0.39, 0.29) is 17.6 Å². The van der Waals surface area contributed by atoms with Crippen LogP contribution >= 0.6 is 0 Å². The molecule has 3 aromatic rings. The van der Waals surface area contributed by atoms with Crippen molar-refractivity contribution in [2.24, 2.45) is 0 Å². The number of anilines is 1. The van der Waals surface area contributed by atoms with Gasteiger partial charge in [0, 0.05) is 61.7 Å². The standard InChI is InChI=1S/C25H29FN6O/c1-31(2)25-27-14-19(17-9-3-5-11-20(17)26)22(28-25)16-8-7-13-32(15-16)24(33)23-18-10-4-6-12-21(18)29-30-23/h3,5,9,11,14,16H,4,6-8,10,12-13,15H2,1-2H3,(H,29,30)/t16-/m1/s1. The van der Waals surface area contributed by atoms with Crippen molar-refractivity contribution < 1.29 is 9.18 Å². The molecule has 0 saturated carbocycles. The largest absolute Gasteiger partial charge is 0.347 e. The summed E-state index contributed by atoms with van der Waals surface area (Å²) in [6.07, 6.45) is 7.54. The van der Waals surface area contributed by atoms with Gasteiger partial charge < -0.3 is 9.80 Å². The molecule has 0 bridgehead atoms. The Morgan fingerprint density at radius 3 is 2.79 bits per heavy atom. The summed E-state index contributed by atoms with van der Waals surface area (Å²) in [5.41, 5.74) is 4.72. The number of carbonyl (C=O) groups excluding carboxylic acids is 1. The number of halogens is 1. The Hall–Kier alpha value is -3.29. The van der Waals surface area contributed by atoms with Crippen molar-refractivity contribution in [3.05, 3.63) is 58.9 Å². The van der Waals surface area contributed by atoms with Crippen LogP contribution < -0.4 is 4.90 Å². The number of amides is 1. The molecule has 5 rings (SSSR count). The van der Waals surface area contributed by atoms with E-state index in [0.717, 1.165) is 55.5 Å². The zero-order valence-corrected chi connectivity index (χ0v) is 19.1. The van der Waals surface area contributed by atoms with E-state index in [1.165, 1.54) is 6.07 Å². The van der Waals surface area contributed by atoms with Crippen LogP contribution in [0.5, 0.6) is 0 Å². The number of benzene rings is 1. The molecular weight excluding hydrogens is 419 g/mol. The van der Waals surface area contributed by atoms with Crippen molar-refractivity contribution in [1.82, 2.24) is 25.1 Å². The molecule has 3 heterocycles. The van der Waals surface area contributed by atoms with Crippen LogP contribution in [0.1, 0.15) is 59.0 Å². The molecular formula is C25H29FN6O. The van der Waals surface area contributed by atoms with Gasteiger partial charge in [0.05, 0.1) is 5.69 Å². The van der Waals surface area contributed by atoms with E-state index in [4.69, 9.17) is 4.98 Å². The van der Waals surface area contributed by atoms with Gasteiger partial charge in [-0.2, -0.15) is 5.10 Å². The van der Waals surface area contributed by atoms with E-state index in [9.17, 15) is 9.18 Å². The number of aromatic nitrogens is 4. The van der Waals surface area contributed by atoms with Crippen molar-refractivity contribution in [3.8, 4) is 11.1 Å². The van der Waals surface area contributed by atoms with Crippen molar-refractivity contribution in [1.29, 1.82) is 0 Å². The minimum absolute atomic E-state index is 0.00576. The Labute approximate surface area is 193 Å². The SMILES string of the molecule is CN(C)c1ncc(-c2ccccc2F)c([C@@H]2CCCN(C(=O)c3n[nH]c4c3CCCC4)C2)n1. The van der Waals surface area contributed by atoms with Gasteiger partial charge in [-0.25, -0.2) is 14.4 Å². The monoisotopic (exact) mass is 448 g/mol. The van der Waals surface area contributed by atoms with Gasteiger partial charge in [0.15, 0.2) is 5.69 Å². The quantitative estimate of drug-likeness (QED) is 0.654. The number of rotatable bonds is 4. The van der Waals surface area contributed by atoms with Crippen molar-refractivity contribution >= 4 is 11.9 Å². The highest BCUT2D eigenvalue weighted by molar-refractivity contribution is 5.94. The van der Waals surface area contributed by atoms with Gasteiger partial charge in [-0.15, -0.1) is 0 Å². The predicted molar refractivity (Wildman–Crippen MR) is 125 cm³/mol. The maximum Gasteiger partial charge on any atom is 0.274 e. The minimum Gasteiger partial charge on any atom is -0.347 e. The molecule has 172 valence electrons. The zero-order valence-electron chi connectivity index (χ0n) is 19.1. The fraction of sp³-hybridized carbons (Fsp3) is 0.440. The lowest BCUT2D eigenvalue weighted by Gasteiger charge is -2.33. The van der Waals surface area contributed by atoms with E-state index < -0.39 is 0 Å². The second kappa shape index (κ2) is 8.92. The van der Waals surface area contributed by atoms with E-state index in [0.29, 0.717) is 35.9 Å². The molecule has 33 heavy (non-hydrogen) atoms. The third-order valence-corrected chi connectivity index (χ3v) is 6.72. The Morgan fingerprint density at radius 1 is 1.15 bits per heavy atom. The first-order valence-corrected chi connectivity index (χ1v) is 11.7. The summed E-state index contributed by atoms with van der Waals surface area (Å²) >= 11 is 0. The number of piperidine rings is 1. The van der Waals surface area contributed by atoms with Crippen LogP contribution in [0.15, 0.2) is 30.5 Å². The van der Waals surface area contributed by atoms with Gasteiger partial charge in [-0.1, -0.05) is 18.2 Å². The van der Waals surface area contributed by atoms with Crippen LogP contribution in [0, 0.1) is 5.82 Å². The van der Waals surface area contributed by atoms with Crippen molar-refractivity contribution in [2.45, 2.75) is 44.4 Å². The summed E-state index contributed by atoms with van der Waals surface area (Å²) in [4.78, 5) is 26.4. The summed E-state index contributed by atoms with van der Waals surface area (Å²) in [5, 5.41) is 7.47. The molecule has 0 spiro atoms. The van der Waals surface area contributed by atoms with Crippen LogP contribution in [0.25, 0.3) is 11.1 Å². The lowest BCUT2D eigenvalue weighted by molar-refractivity contribution is 0.0698. The molecule has 1 N–H and O–H groups in total. The summed E-state index contributed by atoms with van der Waals surface area (Å²) in [5.74, 6) is 0.254. The van der Waals surface area contributed by atoms with Gasteiger partial charge in [0.1, 0.15) is 5.82 Å². The Balaban J connectivity index is 1.48. The summed E-state index contributed by atoms with van der Waals surface area (Å²) in [7, 11) is 3.78. The molecule has 1 saturated heterocycles. The van der Waals surface area contributed by atoms with Gasteiger partial charge in [-0.3, -0.25) is 9.89 Å². The molecule has 2 aromatic heterocycles. The number of hydrogen-bond donors (Lipinski definition) is 1. The second-order valence-corrected chi connectivity index (χ2v) is 9.17. The average Bonchev–Trinajstić information content (AvgIpc) is 3.28. The Morgan fingerprint density at radius 2 is 1.97 bits per heavy atom.